The van der Waals surface area contributed by atoms with E-state index in [2.05, 4.69) is 10.3 Å². The van der Waals surface area contributed by atoms with Gasteiger partial charge in [-0.25, -0.2) is 15.0 Å². The van der Waals surface area contributed by atoms with E-state index in [0.29, 0.717) is 50.6 Å². The van der Waals surface area contributed by atoms with Gasteiger partial charge in [0.25, 0.3) is 0 Å². The van der Waals surface area contributed by atoms with Gasteiger partial charge in [-0.15, -0.1) is 0 Å². The maximum absolute atomic E-state index is 13.0. The van der Waals surface area contributed by atoms with Gasteiger partial charge in [0.15, 0.2) is 5.82 Å². The molecule has 1 N–H and O–H groups in total. The van der Waals surface area contributed by atoms with Crippen molar-refractivity contribution in [1.29, 1.82) is 0 Å². The number of anilines is 2. The molecule has 3 heterocycles. The lowest BCUT2D eigenvalue weighted by molar-refractivity contribution is -0.137. The molecule has 194 valence electrons. The maximum Gasteiger partial charge on any atom is 0.416 e. The topological polar surface area (TPSA) is 63.6 Å². The summed E-state index contributed by atoms with van der Waals surface area (Å²) < 4.78 is 39.1. The monoisotopic (exact) mass is 573 g/mol. The van der Waals surface area contributed by atoms with Gasteiger partial charge >= 0.3 is 6.18 Å². The van der Waals surface area contributed by atoms with Crippen molar-refractivity contribution in [2.24, 2.45) is 0 Å². The van der Waals surface area contributed by atoms with Crippen LogP contribution in [0.25, 0.3) is 10.3 Å². The lowest BCUT2D eigenvalue weighted by Gasteiger charge is -2.12. The predicted octanol–water partition coefficient (Wildman–Crippen LogP) is 8.49. The second kappa shape index (κ2) is 10.8. The number of pyridine rings is 1. The van der Waals surface area contributed by atoms with Gasteiger partial charge in [-0.05, 0) is 54.1 Å². The molecule has 5 rings (SSSR count). The Labute approximate surface area is 230 Å². The van der Waals surface area contributed by atoms with Crippen LogP contribution in [0.5, 0.6) is 0 Å². The Kier molecular flexibility index (Phi) is 7.52. The molecule has 1 atom stereocenters. The van der Waals surface area contributed by atoms with Gasteiger partial charge in [0.1, 0.15) is 21.2 Å². The van der Waals surface area contributed by atoms with Crippen LogP contribution in [-0.4, -0.2) is 19.9 Å². The van der Waals surface area contributed by atoms with Crippen molar-refractivity contribution in [1.82, 2.24) is 19.9 Å². The van der Waals surface area contributed by atoms with E-state index < -0.39 is 11.7 Å². The van der Waals surface area contributed by atoms with E-state index in [1.54, 1.807) is 24.4 Å². The molecule has 2 aromatic carbocycles. The van der Waals surface area contributed by atoms with Gasteiger partial charge in [-0.3, -0.25) is 4.98 Å². The molecule has 0 spiro atoms. The quantitative estimate of drug-likeness (QED) is 0.211. The SMILES string of the molecule is CC(Cc1nc(Nc2ccc(C(F)(F)F)cc2)c2nc(Cc3c(Cl)cccc3Cl)sc2n1)c1ccccn1. The maximum atomic E-state index is 13.0. The average molecular weight is 574 g/mol. The van der Waals surface area contributed by atoms with Crippen molar-refractivity contribution in [3.05, 3.63) is 105 Å². The Hall–Kier alpha value is -3.27. The Balaban J connectivity index is 1.52. The average Bonchev–Trinajstić information content (AvgIpc) is 3.29. The van der Waals surface area contributed by atoms with Gasteiger partial charge in [0, 0.05) is 46.4 Å². The molecule has 0 radical (unpaired) electrons. The predicted molar refractivity (Wildman–Crippen MR) is 146 cm³/mol. The van der Waals surface area contributed by atoms with E-state index >= 15 is 0 Å². The molecule has 0 aliphatic heterocycles. The molecular formula is C27H20Cl2F3N5S. The summed E-state index contributed by atoms with van der Waals surface area (Å²) in [4.78, 5) is 19.3. The number of halogens is 5. The number of rotatable bonds is 7. The van der Waals surface area contributed by atoms with Crippen LogP contribution in [0.1, 0.15) is 40.5 Å². The van der Waals surface area contributed by atoms with Crippen molar-refractivity contribution in [2.75, 3.05) is 5.32 Å². The van der Waals surface area contributed by atoms with E-state index in [1.807, 2.05) is 25.1 Å². The van der Waals surface area contributed by atoms with Crippen molar-refractivity contribution < 1.29 is 13.2 Å². The van der Waals surface area contributed by atoms with Crippen molar-refractivity contribution in [3.63, 3.8) is 0 Å². The molecule has 11 heteroatoms. The third-order valence-corrected chi connectivity index (χ3v) is 7.55. The standard InChI is InChI=1S/C27H20Cl2F3N5S/c1-15(21-7-2-3-12-33-21)13-22-35-25(34-17-10-8-16(9-11-17)27(30,31)32)24-26(36-22)38-23(37-24)14-18-19(28)5-4-6-20(18)29/h2-12,15H,13-14H2,1H3,(H,34,35,36). The highest BCUT2D eigenvalue weighted by Crippen LogP contribution is 2.34. The highest BCUT2D eigenvalue weighted by Gasteiger charge is 2.30. The zero-order valence-electron chi connectivity index (χ0n) is 19.9. The summed E-state index contributed by atoms with van der Waals surface area (Å²) in [6.07, 6.45) is -1.76. The van der Waals surface area contributed by atoms with Crippen LogP contribution in [0.4, 0.5) is 24.7 Å². The molecule has 0 aliphatic carbocycles. The van der Waals surface area contributed by atoms with Gasteiger partial charge in [-0.1, -0.05) is 53.6 Å². The molecular weight excluding hydrogens is 554 g/mol. The second-order valence-corrected chi connectivity index (χ2v) is 10.6. The Morgan fingerprint density at radius 3 is 2.32 bits per heavy atom. The number of fused-ring (bicyclic) bond motifs is 1. The molecule has 3 aromatic heterocycles. The molecule has 0 saturated heterocycles. The summed E-state index contributed by atoms with van der Waals surface area (Å²) in [5, 5.41) is 4.94. The second-order valence-electron chi connectivity index (χ2n) is 8.69. The summed E-state index contributed by atoms with van der Waals surface area (Å²) in [7, 11) is 0. The Bertz CT molecular complexity index is 1550. The van der Waals surface area contributed by atoms with Gasteiger partial charge in [0.2, 0.25) is 0 Å². The van der Waals surface area contributed by atoms with E-state index in [-0.39, 0.29) is 5.92 Å². The molecule has 0 saturated carbocycles. The van der Waals surface area contributed by atoms with Crippen LogP contribution >= 0.6 is 34.5 Å². The van der Waals surface area contributed by atoms with Gasteiger partial charge < -0.3 is 5.32 Å². The molecule has 1 unspecified atom stereocenters. The summed E-state index contributed by atoms with van der Waals surface area (Å²) in [5.41, 5.74) is 1.90. The molecule has 0 fully saturated rings. The van der Waals surface area contributed by atoms with E-state index in [1.165, 1.54) is 23.5 Å². The van der Waals surface area contributed by atoms with Crippen molar-refractivity contribution in [3.8, 4) is 0 Å². The zero-order valence-corrected chi connectivity index (χ0v) is 22.3. The van der Waals surface area contributed by atoms with Crippen LogP contribution in [0.15, 0.2) is 66.9 Å². The fourth-order valence-electron chi connectivity index (χ4n) is 3.94. The molecule has 5 nitrogen and oxygen atoms in total. The van der Waals surface area contributed by atoms with E-state index in [9.17, 15) is 13.2 Å². The van der Waals surface area contributed by atoms with Crippen molar-refractivity contribution >= 4 is 56.4 Å². The number of thiazole rings is 1. The molecule has 5 aromatic rings. The van der Waals surface area contributed by atoms with E-state index in [4.69, 9.17) is 38.2 Å². The smallest absolute Gasteiger partial charge is 0.338 e. The number of nitrogens with zero attached hydrogens (tertiary/aromatic N) is 4. The van der Waals surface area contributed by atoms with Crippen LogP contribution in [0, 0.1) is 0 Å². The Morgan fingerprint density at radius 2 is 1.66 bits per heavy atom. The Morgan fingerprint density at radius 1 is 0.921 bits per heavy atom. The zero-order chi connectivity index (χ0) is 26.9. The van der Waals surface area contributed by atoms with Crippen LogP contribution < -0.4 is 5.32 Å². The first kappa shape index (κ1) is 26.3. The van der Waals surface area contributed by atoms with Crippen LogP contribution in [-0.2, 0) is 19.0 Å². The van der Waals surface area contributed by atoms with Crippen LogP contribution in [0.2, 0.25) is 10.0 Å². The largest absolute Gasteiger partial charge is 0.416 e. The minimum Gasteiger partial charge on any atom is -0.338 e. The number of nitrogens with one attached hydrogen (secondary N) is 1. The molecule has 0 amide bonds. The minimum absolute atomic E-state index is 0.0434. The first-order chi connectivity index (χ1) is 18.2. The van der Waals surface area contributed by atoms with Gasteiger partial charge in [-0.2, -0.15) is 13.2 Å². The number of aromatic nitrogens is 4. The number of hydrogen-bond donors (Lipinski definition) is 1. The first-order valence-electron chi connectivity index (χ1n) is 11.6. The normalized spacial score (nSPS) is 12.6. The third kappa shape index (κ3) is 5.90. The molecule has 0 bridgehead atoms. The lowest BCUT2D eigenvalue weighted by atomic mass is 10.0. The minimum atomic E-state index is -4.42. The van der Waals surface area contributed by atoms with Crippen molar-refractivity contribution in [2.45, 2.75) is 31.9 Å². The fraction of sp³-hybridized carbons (Fsp3) is 0.185. The van der Waals surface area contributed by atoms with Crippen LogP contribution in [0.3, 0.4) is 0 Å². The molecule has 38 heavy (non-hydrogen) atoms. The summed E-state index contributed by atoms with van der Waals surface area (Å²) in [6, 6.07) is 15.8. The third-order valence-electron chi connectivity index (χ3n) is 5.90. The summed E-state index contributed by atoms with van der Waals surface area (Å²) in [6.45, 7) is 2.04. The van der Waals surface area contributed by atoms with Gasteiger partial charge in [0.05, 0.1) is 5.56 Å². The number of alkyl halides is 3. The summed E-state index contributed by atoms with van der Waals surface area (Å²) in [5.74, 6) is 1.02. The highest BCUT2D eigenvalue weighted by atomic mass is 35.5. The lowest BCUT2D eigenvalue weighted by Crippen LogP contribution is -2.07. The highest BCUT2D eigenvalue weighted by molar-refractivity contribution is 7.18. The summed E-state index contributed by atoms with van der Waals surface area (Å²) >= 11 is 14.1. The first-order valence-corrected chi connectivity index (χ1v) is 13.2. The van der Waals surface area contributed by atoms with E-state index in [0.717, 1.165) is 28.4 Å². The number of benzene rings is 2. The molecule has 0 aliphatic rings. The number of hydrogen-bond acceptors (Lipinski definition) is 6. The fourth-order valence-corrected chi connectivity index (χ4v) is 5.44.